The van der Waals surface area contributed by atoms with E-state index in [-0.39, 0.29) is 12.4 Å². The number of hydrogen-bond acceptors (Lipinski definition) is 1. The fourth-order valence-electron chi connectivity index (χ4n) is 1.55. The molecule has 0 aliphatic heterocycles. The van der Waals surface area contributed by atoms with E-state index in [9.17, 15) is 0 Å². The van der Waals surface area contributed by atoms with Gasteiger partial charge in [0.05, 0.1) is 13.6 Å². The lowest BCUT2D eigenvalue weighted by Crippen LogP contribution is -3.00. The summed E-state index contributed by atoms with van der Waals surface area (Å²) in [6.45, 7) is 0.964. The van der Waals surface area contributed by atoms with Gasteiger partial charge in [0.1, 0.15) is 18.1 Å². The molecular weight excluding hydrogens is 224 g/mol. The van der Waals surface area contributed by atoms with E-state index in [2.05, 4.69) is 17.1 Å². The Labute approximate surface area is 101 Å². The smallest absolute Gasteiger partial charge is 0.243 e. The molecular formula is C12H15ClN2O. The molecule has 1 aromatic carbocycles. The number of rotatable bonds is 3. The van der Waals surface area contributed by atoms with Crippen LogP contribution in [0, 0.1) is 0 Å². The Morgan fingerprint density at radius 1 is 1.25 bits per heavy atom. The topological polar surface area (TPSA) is 29.0 Å². The first-order valence-electron chi connectivity index (χ1n) is 5.03. The molecule has 0 radical (unpaired) electrons. The van der Waals surface area contributed by atoms with Gasteiger partial charge in [-0.2, -0.15) is 0 Å². The molecule has 0 fully saturated rings. The summed E-state index contributed by atoms with van der Waals surface area (Å²) in [5.41, 5.74) is 1.24. The first-order chi connectivity index (χ1) is 7.24. The number of halogens is 1. The van der Waals surface area contributed by atoms with Gasteiger partial charge in [-0.1, -0.05) is 12.1 Å². The lowest BCUT2D eigenvalue weighted by molar-refractivity contribution is -0.671. The minimum absolute atomic E-state index is 0. The van der Waals surface area contributed by atoms with Crippen molar-refractivity contribution in [3.05, 3.63) is 48.5 Å². The molecule has 0 aliphatic carbocycles. The standard InChI is InChI=1S/C12H14N2O.ClH/c1-13-8-9-14(10-13)7-6-11-2-4-12(15)5-3-11;/h2-5,8-10H,6-7H2,1H3;1H. The van der Waals surface area contributed by atoms with Gasteiger partial charge >= 0.3 is 0 Å². The Hall–Kier alpha value is -1.48. The molecule has 0 aliphatic rings. The van der Waals surface area contributed by atoms with Crippen LogP contribution in [0.4, 0.5) is 0 Å². The highest BCUT2D eigenvalue weighted by atomic mass is 35.5. The molecule has 4 heteroatoms. The van der Waals surface area contributed by atoms with E-state index in [0.717, 1.165) is 13.0 Å². The fourth-order valence-corrected chi connectivity index (χ4v) is 1.55. The van der Waals surface area contributed by atoms with Crippen LogP contribution in [0.2, 0.25) is 0 Å². The maximum Gasteiger partial charge on any atom is 0.243 e. The van der Waals surface area contributed by atoms with Gasteiger partial charge in [0.2, 0.25) is 6.33 Å². The summed E-state index contributed by atoms with van der Waals surface area (Å²) in [4.78, 5) is 0. The summed E-state index contributed by atoms with van der Waals surface area (Å²) in [7, 11) is 2.01. The molecule has 0 unspecified atom stereocenters. The number of benzene rings is 1. The van der Waals surface area contributed by atoms with Crippen molar-refractivity contribution in [2.75, 3.05) is 0 Å². The van der Waals surface area contributed by atoms with E-state index in [1.807, 2.05) is 29.9 Å². The molecule has 16 heavy (non-hydrogen) atoms. The normalized spacial score (nSPS) is 9.81. The lowest BCUT2D eigenvalue weighted by atomic mass is 10.1. The Balaban J connectivity index is 0.00000128. The van der Waals surface area contributed by atoms with Crippen LogP contribution in [0.3, 0.4) is 0 Å². The van der Waals surface area contributed by atoms with Crippen LogP contribution >= 0.6 is 0 Å². The Bertz CT molecular complexity index is 437. The van der Waals surface area contributed by atoms with Crippen molar-refractivity contribution in [1.82, 2.24) is 4.57 Å². The van der Waals surface area contributed by atoms with Gasteiger partial charge in [0.25, 0.3) is 0 Å². The molecule has 2 aromatic rings. The molecule has 0 amide bonds. The van der Waals surface area contributed by atoms with Crippen molar-refractivity contribution in [3.8, 4) is 5.75 Å². The van der Waals surface area contributed by atoms with E-state index < -0.39 is 0 Å². The van der Waals surface area contributed by atoms with E-state index in [4.69, 9.17) is 5.11 Å². The van der Waals surface area contributed by atoms with Crippen molar-refractivity contribution in [2.24, 2.45) is 7.05 Å². The van der Waals surface area contributed by atoms with Crippen LogP contribution in [0.5, 0.6) is 5.75 Å². The highest BCUT2D eigenvalue weighted by molar-refractivity contribution is 5.25. The average Bonchev–Trinajstić information content (AvgIpc) is 2.64. The lowest BCUT2D eigenvalue weighted by Gasteiger charge is -1.99. The second-order valence-electron chi connectivity index (χ2n) is 3.73. The van der Waals surface area contributed by atoms with E-state index in [1.54, 1.807) is 12.1 Å². The Morgan fingerprint density at radius 2 is 1.94 bits per heavy atom. The SMILES string of the molecule is C[n+]1ccn(CCc2ccc(O)cc2)c1.[Cl-]. The minimum atomic E-state index is 0. The third-order valence-corrected chi connectivity index (χ3v) is 2.42. The molecule has 0 bridgehead atoms. The van der Waals surface area contributed by atoms with Crippen LogP contribution < -0.4 is 17.0 Å². The average molecular weight is 239 g/mol. The molecule has 1 heterocycles. The molecule has 3 nitrogen and oxygen atoms in total. The molecule has 0 saturated heterocycles. The predicted molar refractivity (Wildman–Crippen MR) is 57.4 cm³/mol. The van der Waals surface area contributed by atoms with E-state index in [0.29, 0.717) is 5.75 Å². The Morgan fingerprint density at radius 3 is 2.50 bits per heavy atom. The quantitative estimate of drug-likeness (QED) is 0.633. The zero-order valence-corrected chi connectivity index (χ0v) is 9.93. The van der Waals surface area contributed by atoms with Gasteiger partial charge in [0.15, 0.2) is 0 Å². The highest BCUT2D eigenvalue weighted by Crippen LogP contribution is 2.10. The van der Waals surface area contributed by atoms with Crippen molar-refractivity contribution in [2.45, 2.75) is 13.0 Å². The third kappa shape index (κ3) is 3.28. The minimum Gasteiger partial charge on any atom is -1.00 e. The van der Waals surface area contributed by atoms with Crippen LogP contribution in [0.25, 0.3) is 0 Å². The van der Waals surface area contributed by atoms with Gasteiger partial charge in [0, 0.05) is 6.42 Å². The molecule has 1 N–H and O–H groups in total. The van der Waals surface area contributed by atoms with Gasteiger partial charge in [-0.25, -0.2) is 9.13 Å². The summed E-state index contributed by atoms with van der Waals surface area (Å²) in [5, 5.41) is 9.14. The summed E-state index contributed by atoms with van der Waals surface area (Å²) in [6.07, 6.45) is 7.12. The number of nitrogens with zero attached hydrogens (tertiary/aromatic N) is 2. The largest absolute Gasteiger partial charge is 1.00 e. The number of hydrogen-bond donors (Lipinski definition) is 1. The molecule has 2 rings (SSSR count). The number of aromatic nitrogens is 2. The van der Waals surface area contributed by atoms with Gasteiger partial charge in [-0.15, -0.1) is 0 Å². The van der Waals surface area contributed by atoms with Gasteiger partial charge in [-0.05, 0) is 17.7 Å². The third-order valence-electron chi connectivity index (χ3n) is 2.42. The number of phenolic OH excluding ortho intramolecular Hbond substituents is 1. The number of aryl methyl sites for hydroxylation is 3. The number of aromatic hydroxyl groups is 1. The maximum absolute atomic E-state index is 9.14. The molecule has 86 valence electrons. The van der Waals surface area contributed by atoms with E-state index in [1.165, 1.54) is 5.56 Å². The first kappa shape index (κ1) is 12.6. The van der Waals surface area contributed by atoms with Crippen LogP contribution in [-0.4, -0.2) is 9.67 Å². The summed E-state index contributed by atoms with van der Waals surface area (Å²) >= 11 is 0. The van der Waals surface area contributed by atoms with Crippen molar-refractivity contribution in [3.63, 3.8) is 0 Å². The maximum atomic E-state index is 9.14. The predicted octanol–water partition coefficient (Wildman–Crippen LogP) is -1.74. The number of imidazole rings is 1. The molecule has 0 saturated carbocycles. The van der Waals surface area contributed by atoms with Crippen LogP contribution in [-0.2, 0) is 20.0 Å². The number of phenols is 1. The molecule has 0 spiro atoms. The Kier molecular flexibility index (Phi) is 4.38. The zero-order valence-electron chi connectivity index (χ0n) is 9.18. The summed E-state index contributed by atoms with van der Waals surface area (Å²) in [5.74, 6) is 0.325. The van der Waals surface area contributed by atoms with Crippen molar-refractivity contribution >= 4 is 0 Å². The van der Waals surface area contributed by atoms with Crippen LogP contribution in [0.1, 0.15) is 5.56 Å². The first-order valence-corrected chi connectivity index (χ1v) is 5.03. The van der Waals surface area contributed by atoms with Crippen molar-refractivity contribution < 1.29 is 22.1 Å². The van der Waals surface area contributed by atoms with Crippen LogP contribution in [0.15, 0.2) is 43.0 Å². The highest BCUT2D eigenvalue weighted by Gasteiger charge is 2.00. The second kappa shape index (κ2) is 5.56. The van der Waals surface area contributed by atoms with Gasteiger partial charge in [-0.3, -0.25) is 0 Å². The summed E-state index contributed by atoms with van der Waals surface area (Å²) in [6, 6.07) is 7.37. The van der Waals surface area contributed by atoms with E-state index >= 15 is 0 Å². The van der Waals surface area contributed by atoms with Crippen molar-refractivity contribution in [1.29, 1.82) is 0 Å². The van der Waals surface area contributed by atoms with Gasteiger partial charge < -0.3 is 17.5 Å². The zero-order chi connectivity index (χ0) is 10.7. The second-order valence-corrected chi connectivity index (χ2v) is 3.73. The molecule has 0 atom stereocenters. The monoisotopic (exact) mass is 238 g/mol. The fraction of sp³-hybridized carbons (Fsp3) is 0.250. The molecule has 1 aromatic heterocycles. The summed E-state index contributed by atoms with van der Waals surface area (Å²) < 4.78 is 4.17.